The Labute approximate surface area is 136 Å². The number of rotatable bonds is 4. The molecule has 1 atom stereocenters. The predicted octanol–water partition coefficient (Wildman–Crippen LogP) is 2.18. The maximum atomic E-state index is 11.8. The van der Waals surface area contributed by atoms with Crippen LogP contribution in [0.25, 0.3) is 5.65 Å². The second kappa shape index (κ2) is 6.66. The number of hydrogen-bond donors (Lipinski definition) is 0. The van der Waals surface area contributed by atoms with E-state index in [4.69, 9.17) is 4.74 Å². The van der Waals surface area contributed by atoms with Crippen LogP contribution in [0.5, 0.6) is 0 Å². The van der Waals surface area contributed by atoms with Crippen molar-refractivity contribution >= 4 is 11.6 Å². The van der Waals surface area contributed by atoms with Gasteiger partial charge in [-0.15, -0.1) is 0 Å². The summed E-state index contributed by atoms with van der Waals surface area (Å²) in [4.78, 5) is 18.9. The van der Waals surface area contributed by atoms with E-state index >= 15 is 0 Å². The molecule has 124 valence electrons. The molecule has 6 nitrogen and oxygen atoms in total. The summed E-state index contributed by atoms with van der Waals surface area (Å²) < 4.78 is 6.40. The van der Waals surface area contributed by atoms with Crippen molar-refractivity contribution in [2.75, 3.05) is 20.2 Å². The number of nitrogens with zero attached hydrogens (tertiary/aromatic N) is 4. The Kier molecular flexibility index (Phi) is 4.61. The van der Waals surface area contributed by atoms with Crippen molar-refractivity contribution in [3.63, 3.8) is 0 Å². The van der Waals surface area contributed by atoms with E-state index in [0.29, 0.717) is 23.3 Å². The lowest BCUT2D eigenvalue weighted by molar-refractivity contribution is 0.0590. The monoisotopic (exact) mass is 316 g/mol. The van der Waals surface area contributed by atoms with E-state index in [9.17, 15) is 4.79 Å². The maximum absolute atomic E-state index is 11.8. The number of ether oxygens (including phenoxy) is 1. The van der Waals surface area contributed by atoms with Gasteiger partial charge in [0.15, 0.2) is 17.2 Å². The number of methoxy groups -OCH3 is 1. The molecule has 2 aromatic heterocycles. The zero-order chi connectivity index (χ0) is 16.4. The van der Waals surface area contributed by atoms with Gasteiger partial charge in [-0.1, -0.05) is 6.07 Å². The summed E-state index contributed by atoms with van der Waals surface area (Å²) in [7, 11) is 1.38. The largest absolute Gasteiger partial charge is 0.464 e. The summed E-state index contributed by atoms with van der Waals surface area (Å²) in [5.74, 6) is 0.984. The van der Waals surface area contributed by atoms with Crippen LogP contribution in [-0.4, -0.2) is 51.7 Å². The number of piperidine rings is 1. The SMILES string of the molecule is COC(=O)c1cccc2nc(CC3CCCN(C(C)C)C3)nn12. The summed E-state index contributed by atoms with van der Waals surface area (Å²) in [5.41, 5.74) is 1.11. The van der Waals surface area contributed by atoms with E-state index in [1.165, 1.54) is 26.5 Å². The molecule has 0 amide bonds. The first-order valence-electron chi connectivity index (χ1n) is 8.25. The van der Waals surface area contributed by atoms with Gasteiger partial charge in [0.25, 0.3) is 0 Å². The Hall–Kier alpha value is -1.95. The zero-order valence-corrected chi connectivity index (χ0v) is 14.0. The van der Waals surface area contributed by atoms with Crippen molar-refractivity contribution in [1.29, 1.82) is 0 Å². The number of fused-ring (bicyclic) bond motifs is 1. The molecule has 0 radical (unpaired) electrons. The molecule has 0 spiro atoms. The molecular formula is C17H24N4O2. The minimum absolute atomic E-state index is 0.393. The van der Waals surface area contributed by atoms with Crippen LogP contribution >= 0.6 is 0 Å². The molecule has 2 aromatic rings. The second-order valence-corrected chi connectivity index (χ2v) is 6.50. The Morgan fingerprint density at radius 3 is 3.00 bits per heavy atom. The number of pyridine rings is 1. The first-order chi connectivity index (χ1) is 11.1. The van der Waals surface area contributed by atoms with Gasteiger partial charge in [0.1, 0.15) is 0 Å². The lowest BCUT2D eigenvalue weighted by atomic mass is 9.94. The van der Waals surface area contributed by atoms with Gasteiger partial charge in [-0.2, -0.15) is 5.10 Å². The third kappa shape index (κ3) is 3.37. The number of carbonyl (C=O) groups is 1. The average molecular weight is 316 g/mol. The van der Waals surface area contributed by atoms with Crippen molar-refractivity contribution in [1.82, 2.24) is 19.5 Å². The fourth-order valence-electron chi connectivity index (χ4n) is 3.29. The molecule has 1 aliphatic rings. The Morgan fingerprint density at radius 2 is 2.26 bits per heavy atom. The van der Waals surface area contributed by atoms with Crippen molar-refractivity contribution in [2.24, 2.45) is 5.92 Å². The molecule has 3 heterocycles. The first kappa shape index (κ1) is 15.9. The second-order valence-electron chi connectivity index (χ2n) is 6.50. The summed E-state index contributed by atoms with van der Waals surface area (Å²) in [5, 5.41) is 4.53. The van der Waals surface area contributed by atoms with Gasteiger partial charge in [0.05, 0.1) is 7.11 Å². The van der Waals surface area contributed by atoms with Gasteiger partial charge < -0.3 is 9.64 Å². The predicted molar refractivity (Wildman–Crippen MR) is 87.5 cm³/mol. The van der Waals surface area contributed by atoms with Crippen LogP contribution in [0.1, 0.15) is 43.0 Å². The van der Waals surface area contributed by atoms with Gasteiger partial charge in [0, 0.05) is 19.0 Å². The summed E-state index contributed by atoms with van der Waals surface area (Å²) in [6.07, 6.45) is 3.29. The molecule has 1 unspecified atom stereocenters. The third-order valence-corrected chi connectivity index (χ3v) is 4.55. The van der Waals surface area contributed by atoms with E-state index in [1.807, 2.05) is 6.07 Å². The molecule has 23 heavy (non-hydrogen) atoms. The van der Waals surface area contributed by atoms with Crippen molar-refractivity contribution < 1.29 is 9.53 Å². The highest BCUT2D eigenvalue weighted by molar-refractivity contribution is 5.88. The van der Waals surface area contributed by atoms with Crippen LogP contribution in [0.3, 0.4) is 0 Å². The van der Waals surface area contributed by atoms with E-state index < -0.39 is 5.97 Å². The lowest BCUT2D eigenvalue weighted by Gasteiger charge is -2.35. The van der Waals surface area contributed by atoms with E-state index in [-0.39, 0.29) is 0 Å². The molecule has 1 aliphatic heterocycles. The minimum atomic E-state index is -0.393. The fourth-order valence-corrected chi connectivity index (χ4v) is 3.29. The van der Waals surface area contributed by atoms with Crippen molar-refractivity contribution in [3.8, 4) is 0 Å². The molecule has 1 fully saturated rings. The minimum Gasteiger partial charge on any atom is -0.464 e. The molecular weight excluding hydrogens is 292 g/mol. The molecule has 0 saturated carbocycles. The normalized spacial score (nSPS) is 19.4. The molecule has 6 heteroatoms. The van der Waals surface area contributed by atoms with Gasteiger partial charge in [-0.25, -0.2) is 14.3 Å². The molecule has 0 bridgehead atoms. The smallest absolute Gasteiger partial charge is 0.356 e. The molecule has 1 saturated heterocycles. The third-order valence-electron chi connectivity index (χ3n) is 4.55. The van der Waals surface area contributed by atoms with Crippen molar-refractivity contribution in [2.45, 2.75) is 39.2 Å². The standard InChI is InChI=1S/C17H24N4O2/c1-12(2)20-9-5-6-13(11-20)10-15-18-16-8-4-7-14(17(22)23-3)21(16)19-15/h4,7-8,12-13H,5-6,9-11H2,1-3H3. The Bertz CT molecular complexity index is 695. The number of hydrogen-bond acceptors (Lipinski definition) is 5. The van der Waals surface area contributed by atoms with Crippen LogP contribution in [0.2, 0.25) is 0 Å². The molecule has 0 aromatic carbocycles. The lowest BCUT2D eigenvalue weighted by Crippen LogP contribution is -2.40. The number of likely N-dealkylation sites (tertiary alicyclic amines) is 1. The highest BCUT2D eigenvalue weighted by Gasteiger charge is 2.23. The van der Waals surface area contributed by atoms with E-state index in [1.54, 1.807) is 16.6 Å². The number of aromatic nitrogens is 3. The topological polar surface area (TPSA) is 59.7 Å². The van der Waals surface area contributed by atoms with Crippen LogP contribution < -0.4 is 0 Å². The fraction of sp³-hybridized carbons (Fsp3) is 0.588. The first-order valence-corrected chi connectivity index (χ1v) is 8.25. The van der Waals surface area contributed by atoms with Crippen LogP contribution in [0, 0.1) is 5.92 Å². The molecule has 0 aliphatic carbocycles. The highest BCUT2D eigenvalue weighted by Crippen LogP contribution is 2.21. The summed E-state index contributed by atoms with van der Waals surface area (Å²) in [6.45, 7) is 6.76. The van der Waals surface area contributed by atoms with Gasteiger partial charge >= 0.3 is 5.97 Å². The van der Waals surface area contributed by atoms with Crippen molar-refractivity contribution in [3.05, 3.63) is 29.7 Å². The zero-order valence-electron chi connectivity index (χ0n) is 14.0. The maximum Gasteiger partial charge on any atom is 0.356 e. The van der Waals surface area contributed by atoms with Gasteiger partial charge in [0.2, 0.25) is 0 Å². The Morgan fingerprint density at radius 1 is 1.43 bits per heavy atom. The summed E-state index contributed by atoms with van der Waals surface area (Å²) in [6, 6.07) is 5.96. The number of esters is 1. The summed E-state index contributed by atoms with van der Waals surface area (Å²) >= 11 is 0. The van der Waals surface area contributed by atoms with Gasteiger partial charge in [-0.3, -0.25) is 0 Å². The van der Waals surface area contributed by atoms with Crippen LogP contribution in [0.15, 0.2) is 18.2 Å². The highest BCUT2D eigenvalue weighted by atomic mass is 16.5. The molecule has 3 rings (SSSR count). The average Bonchev–Trinajstić information content (AvgIpc) is 2.96. The van der Waals surface area contributed by atoms with Crippen LogP contribution in [0.4, 0.5) is 0 Å². The quantitative estimate of drug-likeness (QED) is 0.809. The molecule has 0 N–H and O–H groups in total. The van der Waals surface area contributed by atoms with E-state index in [2.05, 4.69) is 28.8 Å². The number of carbonyl (C=O) groups excluding carboxylic acids is 1. The van der Waals surface area contributed by atoms with Crippen LogP contribution in [-0.2, 0) is 11.2 Å². The van der Waals surface area contributed by atoms with E-state index in [0.717, 1.165) is 18.8 Å². The Balaban J connectivity index is 1.80. The van der Waals surface area contributed by atoms with Gasteiger partial charge in [-0.05, 0) is 51.3 Å².